The number of rotatable bonds is 8. The number of ether oxygens (including phenoxy) is 3. The van der Waals surface area contributed by atoms with Crippen molar-refractivity contribution in [1.29, 1.82) is 0 Å². The molecule has 186 valence electrons. The number of fused-ring (bicyclic) bond motifs is 1. The summed E-state index contributed by atoms with van der Waals surface area (Å²) >= 11 is 0. The number of hydrogen-bond donors (Lipinski definition) is 1. The first-order valence-electron chi connectivity index (χ1n) is 11.5. The van der Waals surface area contributed by atoms with Crippen LogP contribution in [0.25, 0.3) is 0 Å². The average Bonchev–Trinajstić information content (AvgIpc) is 3.18. The van der Waals surface area contributed by atoms with E-state index in [1.54, 1.807) is 42.4 Å². The van der Waals surface area contributed by atoms with Crippen LogP contribution in [0, 0.1) is 11.8 Å². The largest absolute Gasteiger partial charge is 0.486 e. The van der Waals surface area contributed by atoms with Crippen molar-refractivity contribution in [2.75, 3.05) is 38.0 Å². The lowest BCUT2D eigenvalue weighted by atomic mass is 10.2. The lowest BCUT2D eigenvalue weighted by Crippen LogP contribution is -2.35. The summed E-state index contributed by atoms with van der Waals surface area (Å²) in [7, 11) is -2.02. The summed E-state index contributed by atoms with van der Waals surface area (Å²) < 4.78 is 46.8. The Morgan fingerprint density at radius 3 is 2.47 bits per heavy atom. The maximum Gasteiger partial charge on any atom is 0.415 e. The van der Waals surface area contributed by atoms with Crippen LogP contribution < -0.4 is 9.46 Å². The molecule has 3 fully saturated rings. The Kier molecular flexibility index (Phi) is 7.20. The highest BCUT2D eigenvalue weighted by atomic mass is 32.2. The molecule has 1 aromatic carbocycles. The van der Waals surface area contributed by atoms with Gasteiger partial charge in [-0.3, -0.25) is 4.72 Å². The van der Waals surface area contributed by atoms with Crippen LogP contribution in [0.2, 0.25) is 0 Å². The molecule has 4 rings (SSSR count). The molecule has 0 bridgehead atoms. The average molecular weight is 492 g/mol. The molecule has 1 aliphatic carbocycles. The summed E-state index contributed by atoms with van der Waals surface area (Å²) in [6.07, 6.45) is 3.47. The molecule has 34 heavy (non-hydrogen) atoms. The van der Waals surface area contributed by atoms with Gasteiger partial charge >= 0.3 is 16.3 Å². The topological polar surface area (TPSA) is 97.4 Å². The number of benzene rings is 1. The molecular weight excluding hydrogens is 458 g/mol. The molecule has 1 N–H and O–H groups in total. The second kappa shape index (κ2) is 9.97. The molecule has 4 atom stereocenters. The molecule has 1 aromatic rings. The van der Waals surface area contributed by atoms with Crippen LogP contribution in [0.3, 0.4) is 0 Å². The fourth-order valence-electron chi connectivity index (χ4n) is 4.42. The number of amides is 1. The Labute approximate surface area is 201 Å². The monoisotopic (exact) mass is 491 g/mol. The first kappa shape index (κ1) is 24.6. The van der Waals surface area contributed by atoms with Crippen molar-refractivity contribution >= 4 is 22.0 Å². The number of hydrogen-bond acceptors (Lipinski definition) is 6. The van der Waals surface area contributed by atoms with Crippen LogP contribution in [0.15, 0.2) is 47.7 Å². The maximum absolute atomic E-state index is 12.7. The van der Waals surface area contributed by atoms with Gasteiger partial charge in [0.1, 0.15) is 23.7 Å². The van der Waals surface area contributed by atoms with Gasteiger partial charge in [0.05, 0.1) is 18.8 Å². The molecule has 2 saturated heterocycles. The molecule has 2 heterocycles. The fourth-order valence-corrected chi connectivity index (χ4v) is 5.75. The van der Waals surface area contributed by atoms with Gasteiger partial charge in [0.2, 0.25) is 0 Å². The van der Waals surface area contributed by atoms with Crippen LogP contribution in [0.1, 0.15) is 27.2 Å². The molecule has 1 amide bonds. The molecule has 0 radical (unpaired) electrons. The van der Waals surface area contributed by atoms with Crippen molar-refractivity contribution < 1.29 is 27.4 Å². The molecule has 0 aromatic heterocycles. The number of allylic oxidation sites excluding steroid dienone is 3. The lowest BCUT2D eigenvalue weighted by molar-refractivity contribution is 0.0341. The highest BCUT2D eigenvalue weighted by Gasteiger charge is 2.48. The van der Waals surface area contributed by atoms with Gasteiger partial charge in [-0.2, -0.15) is 12.7 Å². The number of nitrogens with one attached hydrogen (secondary N) is 1. The van der Waals surface area contributed by atoms with E-state index >= 15 is 0 Å². The Hall–Kier alpha value is -2.56. The summed E-state index contributed by atoms with van der Waals surface area (Å²) in [5.74, 6) is 2.03. The number of carbonyl (C=O) groups excluding carboxylic acids is 1. The minimum atomic E-state index is -3.59. The Bertz CT molecular complexity index is 1070. The number of anilines is 1. The predicted octanol–water partition coefficient (Wildman–Crippen LogP) is 3.38. The zero-order valence-corrected chi connectivity index (χ0v) is 20.9. The van der Waals surface area contributed by atoms with Crippen LogP contribution in [0.4, 0.5) is 10.5 Å². The Balaban J connectivity index is 1.39. The normalized spacial score (nSPS) is 26.4. The summed E-state index contributed by atoms with van der Waals surface area (Å²) in [4.78, 5) is 14.3. The fraction of sp³-hybridized carbons (Fsp3) is 0.542. The predicted molar refractivity (Wildman–Crippen MR) is 129 cm³/mol. The number of piperidine rings is 1. The molecule has 3 aliphatic rings. The quantitative estimate of drug-likeness (QED) is 0.442. The van der Waals surface area contributed by atoms with Gasteiger partial charge in [0, 0.05) is 26.3 Å². The first-order chi connectivity index (χ1) is 16.2. The van der Waals surface area contributed by atoms with E-state index in [9.17, 15) is 13.2 Å². The second-order valence-electron chi connectivity index (χ2n) is 9.28. The van der Waals surface area contributed by atoms with E-state index < -0.39 is 22.4 Å². The van der Waals surface area contributed by atoms with Gasteiger partial charge < -0.3 is 19.1 Å². The molecule has 2 unspecified atom stereocenters. The minimum absolute atomic E-state index is 0.287. The van der Waals surface area contributed by atoms with Crippen molar-refractivity contribution in [3.8, 4) is 5.75 Å². The number of methoxy groups -OCH3 is 1. The third-order valence-electron chi connectivity index (χ3n) is 6.44. The van der Waals surface area contributed by atoms with Gasteiger partial charge in [0.15, 0.2) is 0 Å². The first-order valence-corrected chi connectivity index (χ1v) is 13.0. The van der Waals surface area contributed by atoms with E-state index in [1.807, 2.05) is 26.8 Å². The van der Waals surface area contributed by atoms with Gasteiger partial charge in [-0.05, 0) is 62.8 Å². The van der Waals surface area contributed by atoms with Gasteiger partial charge in [-0.25, -0.2) is 4.79 Å². The molecule has 2 aliphatic heterocycles. The van der Waals surface area contributed by atoms with E-state index in [-0.39, 0.29) is 12.6 Å². The van der Waals surface area contributed by atoms with E-state index in [2.05, 4.69) is 4.72 Å². The van der Waals surface area contributed by atoms with Gasteiger partial charge in [-0.1, -0.05) is 12.1 Å². The summed E-state index contributed by atoms with van der Waals surface area (Å²) in [6.45, 7) is 7.41. The zero-order chi connectivity index (χ0) is 24.5. The van der Waals surface area contributed by atoms with Crippen LogP contribution in [0.5, 0.6) is 5.75 Å². The molecule has 1 saturated carbocycles. The van der Waals surface area contributed by atoms with Gasteiger partial charge in [0.25, 0.3) is 0 Å². The van der Waals surface area contributed by atoms with Crippen LogP contribution in [-0.2, 0) is 19.7 Å². The summed E-state index contributed by atoms with van der Waals surface area (Å²) in [5, 5.41) is 0. The van der Waals surface area contributed by atoms with Gasteiger partial charge in [-0.15, -0.1) is 0 Å². The number of nitrogens with zero attached hydrogens (tertiary/aromatic N) is 2. The molecular formula is C24H33N3O6S. The summed E-state index contributed by atoms with van der Waals surface area (Å²) in [5.41, 5.74) is 1.33. The van der Waals surface area contributed by atoms with Crippen molar-refractivity contribution in [2.45, 2.75) is 39.4 Å². The van der Waals surface area contributed by atoms with E-state index in [1.165, 1.54) is 4.31 Å². The number of likely N-dealkylation sites (tertiary alicyclic amines) is 1. The molecule has 10 heteroatoms. The minimum Gasteiger partial charge on any atom is -0.486 e. The van der Waals surface area contributed by atoms with Crippen molar-refractivity contribution in [2.24, 2.45) is 11.8 Å². The van der Waals surface area contributed by atoms with Crippen LogP contribution >= 0.6 is 0 Å². The highest BCUT2D eigenvalue weighted by molar-refractivity contribution is 7.90. The van der Waals surface area contributed by atoms with E-state index in [4.69, 9.17) is 14.2 Å². The van der Waals surface area contributed by atoms with E-state index in [0.717, 1.165) is 12.0 Å². The van der Waals surface area contributed by atoms with E-state index in [0.29, 0.717) is 48.7 Å². The Morgan fingerprint density at radius 2 is 1.82 bits per heavy atom. The standard InChI is InChI=1S/C24H33N3O6S/c1-5-7-21(16(2)3)33-24(28)26-14-22(31-4)23(15-26)32-20-9-6-8-19(11-20)25-34(29,30)27-12-17-10-18(17)13-27/h5-9,11,17-18,22-23,25H,10,12-15H2,1-4H3/b7-5-/t17?,18?,22-,23-/m1/s1. The van der Waals surface area contributed by atoms with Crippen LogP contribution in [-0.4, -0.2) is 69.2 Å². The highest BCUT2D eigenvalue weighted by Crippen LogP contribution is 2.45. The molecule has 9 nitrogen and oxygen atoms in total. The van der Waals surface area contributed by atoms with Crippen molar-refractivity contribution in [3.05, 3.63) is 47.7 Å². The van der Waals surface area contributed by atoms with Crippen molar-refractivity contribution in [1.82, 2.24) is 9.21 Å². The lowest BCUT2D eigenvalue weighted by Gasteiger charge is -2.21. The Morgan fingerprint density at radius 1 is 1.12 bits per heavy atom. The van der Waals surface area contributed by atoms with Crippen molar-refractivity contribution in [3.63, 3.8) is 0 Å². The third kappa shape index (κ3) is 5.56. The third-order valence-corrected chi connectivity index (χ3v) is 7.91. The zero-order valence-electron chi connectivity index (χ0n) is 20.1. The number of carbonyl (C=O) groups is 1. The summed E-state index contributed by atoms with van der Waals surface area (Å²) in [6, 6.07) is 6.82. The SMILES string of the molecule is C/C=C\C(OC(=O)N1C[C@@H](OC)[C@H](Oc2cccc(NS(=O)(=O)N3CC4CC4C3)c2)C1)=C(C)C. The molecule has 0 spiro atoms. The smallest absolute Gasteiger partial charge is 0.415 e. The maximum atomic E-state index is 12.7. The second-order valence-corrected chi connectivity index (χ2v) is 10.9.